The molecule has 1 fully saturated rings. The Labute approximate surface area is 355 Å². The van der Waals surface area contributed by atoms with E-state index in [0.29, 0.717) is 10.8 Å². The van der Waals surface area contributed by atoms with E-state index in [1.807, 2.05) is 12.1 Å². The molecule has 1 saturated heterocycles. The van der Waals surface area contributed by atoms with Crippen LogP contribution in [-0.4, -0.2) is 85.8 Å². The van der Waals surface area contributed by atoms with Crippen LogP contribution < -0.4 is 15.6 Å². The Morgan fingerprint density at radius 3 is 1.95 bits per heavy atom. The molecular formula is C40H35ClF10N4O8. The molecule has 23 heteroatoms. The van der Waals surface area contributed by atoms with Crippen molar-refractivity contribution in [3.63, 3.8) is 0 Å². The maximum absolute atomic E-state index is 14.0. The number of fused-ring (bicyclic) bond motifs is 3. The fraction of sp³-hybridized carbons (Fsp3) is 0.325. The predicted molar refractivity (Wildman–Crippen MR) is 205 cm³/mol. The van der Waals surface area contributed by atoms with Crippen LogP contribution in [-0.2, 0) is 39.4 Å². The number of likely N-dealkylation sites (tertiary alicyclic amines) is 1. The van der Waals surface area contributed by atoms with E-state index in [-0.39, 0.29) is 23.4 Å². The number of alkyl halides is 9. The van der Waals surface area contributed by atoms with Crippen molar-refractivity contribution in [1.29, 1.82) is 0 Å². The number of aliphatic carboxylic acids is 3. The molecule has 12 nitrogen and oxygen atoms in total. The monoisotopic (exact) mass is 924 g/mol. The molecule has 4 heterocycles. The number of rotatable bonds is 6. The first-order valence-electron chi connectivity index (χ1n) is 18.2. The summed E-state index contributed by atoms with van der Waals surface area (Å²) in [5, 5.41) is 25.4. The minimum absolute atomic E-state index is 0.0430. The zero-order chi connectivity index (χ0) is 46.9. The van der Waals surface area contributed by atoms with Gasteiger partial charge in [-0.15, -0.1) is 0 Å². The van der Waals surface area contributed by atoms with Crippen molar-refractivity contribution >= 4 is 47.0 Å². The molecule has 63 heavy (non-hydrogen) atoms. The van der Waals surface area contributed by atoms with Crippen LogP contribution in [0.15, 0.2) is 77.9 Å². The normalized spacial score (nSPS) is 15.3. The summed E-state index contributed by atoms with van der Waals surface area (Å²) in [5.74, 6) is -7.91. The Kier molecular flexibility index (Phi) is 16.0. The van der Waals surface area contributed by atoms with Gasteiger partial charge in [-0.1, -0.05) is 29.8 Å². The summed E-state index contributed by atoms with van der Waals surface area (Å²) in [4.78, 5) is 46.4. The van der Waals surface area contributed by atoms with Crippen LogP contribution in [0.1, 0.15) is 47.2 Å². The third-order valence-corrected chi connectivity index (χ3v) is 9.90. The Morgan fingerprint density at radius 2 is 1.41 bits per heavy atom. The minimum Gasteiger partial charge on any atom is -0.487 e. The van der Waals surface area contributed by atoms with Crippen molar-refractivity contribution in [3.05, 3.63) is 122 Å². The lowest BCUT2D eigenvalue weighted by molar-refractivity contribution is -0.193. The average Bonchev–Trinajstić information content (AvgIpc) is 3.54. The van der Waals surface area contributed by atoms with Crippen LogP contribution in [0.2, 0.25) is 5.02 Å². The molecule has 0 bridgehead atoms. The van der Waals surface area contributed by atoms with Crippen molar-refractivity contribution in [2.45, 2.75) is 62.8 Å². The van der Waals surface area contributed by atoms with E-state index in [0.717, 1.165) is 80.1 Å². The number of carboxylic acids is 3. The molecule has 3 aliphatic rings. The first kappa shape index (κ1) is 49.5. The average molecular weight is 925 g/mol. The van der Waals surface area contributed by atoms with E-state index in [1.54, 1.807) is 41.2 Å². The highest BCUT2D eigenvalue weighted by atomic mass is 35.5. The number of allylic oxidation sites excluding steroid dienone is 1. The summed E-state index contributed by atoms with van der Waals surface area (Å²) in [7, 11) is 0. The molecule has 0 amide bonds. The molecule has 2 aromatic carbocycles. The number of ether oxygens (including phenoxy) is 1. The third-order valence-electron chi connectivity index (χ3n) is 9.67. The van der Waals surface area contributed by atoms with Crippen LogP contribution >= 0.6 is 11.6 Å². The molecule has 1 spiro atoms. The zero-order valence-electron chi connectivity index (χ0n) is 32.3. The second-order valence-corrected chi connectivity index (χ2v) is 14.4. The van der Waals surface area contributed by atoms with E-state index in [9.17, 15) is 48.7 Å². The number of aryl methyl sites for hydroxylation is 1. The molecule has 1 aliphatic carbocycles. The fourth-order valence-electron chi connectivity index (χ4n) is 6.57. The SMILES string of the molecule is O=C(O)C(F)(F)F.O=C(O)C(F)(F)F.O=C(O)C(F)(F)F.O=c1cc(OCc2ccc(Cl)cn2)ccn1C1=Cc2ccc(CN3CCC4(CC3)CNc3ccc(F)cc34)cc2CC1. The molecule has 0 saturated carbocycles. The first-order chi connectivity index (χ1) is 29.3. The second kappa shape index (κ2) is 20.4. The Hall–Kier alpha value is -6.16. The van der Waals surface area contributed by atoms with Gasteiger partial charge in [-0.3, -0.25) is 19.2 Å². The van der Waals surface area contributed by atoms with Crippen LogP contribution in [0.3, 0.4) is 0 Å². The number of anilines is 1. The van der Waals surface area contributed by atoms with Gasteiger partial charge in [0.25, 0.3) is 5.56 Å². The molecule has 4 aromatic rings. The van der Waals surface area contributed by atoms with E-state index in [1.165, 1.54) is 17.2 Å². The number of benzene rings is 2. The second-order valence-electron chi connectivity index (χ2n) is 14.0. The maximum atomic E-state index is 14.0. The number of piperidine rings is 1. The number of hydrogen-bond acceptors (Lipinski definition) is 8. The fourth-order valence-corrected chi connectivity index (χ4v) is 6.68. The van der Waals surface area contributed by atoms with Crippen LogP contribution in [0.5, 0.6) is 5.75 Å². The van der Waals surface area contributed by atoms with Crippen LogP contribution in [0.4, 0.5) is 49.6 Å². The van der Waals surface area contributed by atoms with Crippen molar-refractivity contribution in [2.24, 2.45) is 0 Å². The maximum Gasteiger partial charge on any atom is 0.490 e. The van der Waals surface area contributed by atoms with Gasteiger partial charge in [0.15, 0.2) is 0 Å². The number of carbonyl (C=O) groups is 3. The summed E-state index contributed by atoms with van der Waals surface area (Å²) in [6, 6.07) is 18.8. The largest absolute Gasteiger partial charge is 0.490 e. The highest BCUT2D eigenvalue weighted by Crippen LogP contribution is 2.44. The predicted octanol–water partition coefficient (Wildman–Crippen LogP) is 8.42. The van der Waals surface area contributed by atoms with E-state index in [4.69, 9.17) is 46.0 Å². The van der Waals surface area contributed by atoms with Gasteiger partial charge in [0.05, 0.1) is 10.7 Å². The summed E-state index contributed by atoms with van der Waals surface area (Å²) in [6.07, 6.45) is -6.02. The summed E-state index contributed by atoms with van der Waals surface area (Å²) < 4.78 is 117. The molecule has 2 aromatic heterocycles. The topological polar surface area (TPSA) is 171 Å². The lowest BCUT2D eigenvalue weighted by Crippen LogP contribution is -2.43. The summed E-state index contributed by atoms with van der Waals surface area (Å²) in [6.45, 7) is 4.07. The number of pyridine rings is 2. The van der Waals surface area contributed by atoms with Gasteiger partial charge in [0.2, 0.25) is 0 Å². The molecule has 4 N–H and O–H groups in total. The first-order valence-corrected chi connectivity index (χ1v) is 18.6. The number of aromatic nitrogens is 2. The molecule has 340 valence electrons. The number of halogens is 11. The van der Waals surface area contributed by atoms with Gasteiger partial charge in [-0.25, -0.2) is 18.8 Å². The molecular weight excluding hydrogens is 890 g/mol. The van der Waals surface area contributed by atoms with Gasteiger partial charge < -0.3 is 25.4 Å². The molecule has 0 atom stereocenters. The molecule has 0 unspecified atom stereocenters. The highest BCUT2D eigenvalue weighted by molar-refractivity contribution is 6.30. The van der Waals surface area contributed by atoms with Gasteiger partial charge in [-0.2, -0.15) is 39.5 Å². The Morgan fingerprint density at radius 1 is 0.810 bits per heavy atom. The zero-order valence-corrected chi connectivity index (χ0v) is 33.0. The molecule has 0 radical (unpaired) electrons. The van der Waals surface area contributed by atoms with E-state index < -0.39 is 36.4 Å². The standard InChI is InChI=1S/C34H32ClFN4O2.3C2HF3O2/c35-26-4-6-28(37-19-26)21-42-30-9-12-40(33(41)18-30)29-7-3-24-15-23(1-2-25(24)16-29)20-39-13-10-34(11-14-39)22-38-32-8-5-27(36)17-31(32)34;3*3-2(4,5)1(6)7/h1-2,4-6,8-9,12,15-19,38H,3,7,10-11,13-14,20-22H2;3*(H,6,7). The number of nitrogens with zero attached hydrogens (tertiary/aromatic N) is 3. The minimum atomic E-state index is -5.08. The van der Waals surface area contributed by atoms with Gasteiger partial charge in [0, 0.05) is 48.3 Å². The van der Waals surface area contributed by atoms with Crippen LogP contribution in [0.25, 0.3) is 11.8 Å². The van der Waals surface area contributed by atoms with Gasteiger partial charge >= 0.3 is 36.4 Å². The smallest absolute Gasteiger partial charge is 0.487 e. The van der Waals surface area contributed by atoms with E-state index in [2.05, 4.69) is 39.5 Å². The number of carboxylic acid groups (broad SMARTS) is 3. The van der Waals surface area contributed by atoms with Crippen LogP contribution in [0, 0.1) is 5.82 Å². The number of hydrogen-bond donors (Lipinski definition) is 4. The molecule has 7 rings (SSSR count). The number of nitrogens with one attached hydrogen (secondary N) is 1. The Bertz CT molecular complexity index is 2300. The van der Waals surface area contributed by atoms with Gasteiger partial charge in [-0.05, 0) is 104 Å². The quantitative estimate of drug-likeness (QED) is 0.137. The summed E-state index contributed by atoms with van der Waals surface area (Å²) >= 11 is 5.89. The van der Waals surface area contributed by atoms with Gasteiger partial charge in [0.1, 0.15) is 18.2 Å². The third kappa shape index (κ3) is 14.2. The Balaban J connectivity index is 0.000000344. The van der Waals surface area contributed by atoms with Crippen molar-refractivity contribution in [1.82, 2.24) is 14.5 Å². The lowest BCUT2D eigenvalue weighted by Gasteiger charge is -2.39. The lowest BCUT2D eigenvalue weighted by atomic mass is 9.74. The van der Waals surface area contributed by atoms with Crippen molar-refractivity contribution in [3.8, 4) is 5.75 Å². The van der Waals surface area contributed by atoms with Crippen molar-refractivity contribution in [2.75, 3.05) is 25.0 Å². The summed E-state index contributed by atoms with van der Waals surface area (Å²) in [5.41, 5.74) is 7.68. The molecule has 2 aliphatic heterocycles. The van der Waals surface area contributed by atoms with Crippen molar-refractivity contribution < 1.29 is 78.3 Å². The highest BCUT2D eigenvalue weighted by Gasteiger charge is 2.42. The van der Waals surface area contributed by atoms with E-state index >= 15 is 0 Å².